The molecule has 0 fully saturated rings. The highest BCUT2D eigenvalue weighted by molar-refractivity contribution is 7.89. The molecule has 20 heavy (non-hydrogen) atoms. The number of nitrogens with two attached hydrogens (primary N) is 1. The summed E-state index contributed by atoms with van der Waals surface area (Å²) in [5, 5.41) is 0.601. The van der Waals surface area contributed by atoms with Gasteiger partial charge in [-0.3, -0.25) is 0 Å². The predicted molar refractivity (Wildman–Crippen MR) is 77.7 cm³/mol. The molecule has 2 N–H and O–H groups in total. The van der Waals surface area contributed by atoms with Crippen LogP contribution < -0.4 is 5.73 Å². The van der Waals surface area contributed by atoms with Crippen LogP contribution >= 0.6 is 11.6 Å². The van der Waals surface area contributed by atoms with E-state index in [9.17, 15) is 8.42 Å². The Kier molecular flexibility index (Phi) is 4.03. The number of rotatable bonds is 4. The van der Waals surface area contributed by atoms with Gasteiger partial charge in [-0.2, -0.15) is 4.31 Å². The van der Waals surface area contributed by atoms with E-state index in [-0.39, 0.29) is 17.4 Å². The molecule has 0 amide bonds. The van der Waals surface area contributed by atoms with Crippen LogP contribution in [0.1, 0.15) is 5.56 Å². The molecule has 108 valence electrons. The number of anilines is 1. The van der Waals surface area contributed by atoms with Gasteiger partial charge >= 0.3 is 0 Å². The van der Waals surface area contributed by atoms with E-state index in [2.05, 4.69) is 4.98 Å². The molecule has 0 aliphatic heterocycles. The van der Waals surface area contributed by atoms with E-state index in [1.54, 1.807) is 31.3 Å². The number of benzene rings is 1. The van der Waals surface area contributed by atoms with Gasteiger partial charge < -0.3 is 10.3 Å². The molecule has 0 spiro atoms. The maximum absolute atomic E-state index is 12.5. The molecule has 0 aliphatic rings. The lowest BCUT2D eigenvalue weighted by Crippen LogP contribution is -2.28. The van der Waals surface area contributed by atoms with Gasteiger partial charge in [-0.25, -0.2) is 13.4 Å². The molecule has 1 aromatic heterocycles. The molecule has 0 bridgehead atoms. The van der Waals surface area contributed by atoms with E-state index >= 15 is 0 Å². The Morgan fingerprint density at radius 3 is 2.45 bits per heavy atom. The number of aromatic nitrogens is 2. The fourth-order valence-electron chi connectivity index (χ4n) is 1.83. The Hall–Kier alpha value is -1.57. The van der Waals surface area contributed by atoms with Gasteiger partial charge in [0.25, 0.3) is 10.0 Å². The molecule has 2 rings (SSSR count). The third-order valence-corrected chi connectivity index (χ3v) is 5.07. The number of nitrogen functional groups attached to an aromatic ring is 1. The van der Waals surface area contributed by atoms with Crippen molar-refractivity contribution in [3.63, 3.8) is 0 Å². The van der Waals surface area contributed by atoms with Crippen LogP contribution in [0.25, 0.3) is 0 Å². The third-order valence-electron chi connectivity index (χ3n) is 2.88. The van der Waals surface area contributed by atoms with E-state index in [1.165, 1.54) is 22.2 Å². The Labute approximate surface area is 122 Å². The van der Waals surface area contributed by atoms with E-state index in [0.717, 1.165) is 5.56 Å². The van der Waals surface area contributed by atoms with Crippen molar-refractivity contribution in [3.05, 3.63) is 41.2 Å². The van der Waals surface area contributed by atoms with Crippen LogP contribution in [-0.4, -0.2) is 29.3 Å². The van der Waals surface area contributed by atoms with Gasteiger partial charge in [-0.05, 0) is 17.7 Å². The molecule has 0 radical (unpaired) electrons. The molecule has 1 aromatic carbocycles. The van der Waals surface area contributed by atoms with Gasteiger partial charge in [0.1, 0.15) is 0 Å². The molecule has 0 unspecified atom stereocenters. The molecule has 1 heterocycles. The summed E-state index contributed by atoms with van der Waals surface area (Å²) < 4.78 is 27.5. The van der Waals surface area contributed by atoms with Crippen LogP contribution in [0.15, 0.2) is 35.6 Å². The van der Waals surface area contributed by atoms with Crippen molar-refractivity contribution >= 4 is 27.4 Å². The summed E-state index contributed by atoms with van der Waals surface area (Å²) in [6.45, 7) is 0.226. The minimum absolute atomic E-state index is 0.00421. The highest BCUT2D eigenvalue weighted by Crippen LogP contribution is 2.21. The molecule has 0 aliphatic carbocycles. The van der Waals surface area contributed by atoms with Gasteiger partial charge in [0.15, 0.2) is 10.8 Å². The van der Waals surface area contributed by atoms with Gasteiger partial charge in [0.2, 0.25) is 0 Å². The van der Waals surface area contributed by atoms with Gasteiger partial charge in [0.05, 0.1) is 6.33 Å². The Morgan fingerprint density at radius 2 is 1.95 bits per heavy atom. The van der Waals surface area contributed by atoms with Crippen LogP contribution in [-0.2, 0) is 23.6 Å². The zero-order valence-electron chi connectivity index (χ0n) is 11.1. The smallest absolute Gasteiger partial charge is 0.262 e. The zero-order chi connectivity index (χ0) is 14.9. The average molecular weight is 315 g/mol. The van der Waals surface area contributed by atoms with Gasteiger partial charge in [0, 0.05) is 25.7 Å². The Morgan fingerprint density at radius 1 is 1.35 bits per heavy atom. The highest BCUT2D eigenvalue weighted by Gasteiger charge is 2.27. The molecular formula is C12H15ClN4O2S. The zero-order valence-corrected chi connectivity index (χ0v) is 12.7. The standard InChI is InChI=1S/C12H15ClN4O2S/c1-16-8-15-11(14)12(16)20(18,19)17(2)7-9-3-5-10(13)6-4-9/h3-6,8H,7,14H2,1-2H3. The summed E-state index contributed by atoms with van der Waals surface area (Å²) in [6.07, 6.45) is 1.37. The quantitative estimate of drug-likeness (QED) is 0.926. The van der Waals surface area contributed by atoms with Crippen molar-refractivity contribution in [3.8, 4) is 0 Å². The summed E-state index contributed by atoms with van der Waals surface area (Å²) in [5.41, 5.74) is 6.46. The fourth-order valence-corrected chi connectivity index (χ4v) is 3.30. The van der Waals surface area contributed by atoms with Gasteiger partial charge in [-0.1, -0.05) is 23.7 Å². The van der Waals surface area contributed by atoms with Crippen molar-refractivity contribution in [2.24, 2.45) is 7.05 Å². The predicted octanol–water partition coefficient (Wildman–Crippen LogP) is 1.48. The number of hydrogen-bond acceptors (Lipinski definition) is 4. The molecule has 0 atom stereocenters. The van der Waals surface area contributed by atoms with Crippen LogP contribution in [0.3, 0.4) is 0 Å². The SMILES string of the molecule is CN(Cc1ccc(Cl)cc1)S(=O)(=O)c1c(N)ncn1C. The molecule has 0 saturated carbocycles. The van der Waals surface area contributed by atoms with Crippen LogP contribution in [0.2, 0.25) is 5.02 Å². The second-order valence-corrected chi connectivity index (χ2v) is 6.83. The molecule has 0 saturated heterocycles. The average Bonchev–Trinajstić information content (AvgIpc) is 2.72. The van der Waals surface area contributed by atoms with E-state index in [4.69, 9.17) is 17.3 Å². The number of sulfonamides is 1. The lowest BCUT2D eigenvalue weighted by molar-refractivity contribution is 0.461. The van der Waals surface area contributed by atoms with Crippen molar-refractivity contribution in [2.75, 3.05) is 12.8 Å². The lowest BCUT2D eigenvalue weighted by Gasteiger charge is -2.17. The molecule has 6 nitrogen and oxygen atoms in total. The monoisotopic (exact) mass is 314 g/mol. The summed E-state index contributed by atoms with van der Waals surface area (Å²) in [7, 11) is -0.603. The third kappa shape index (κ3) is 2.79. The van der Waals surface area contributed by atoms with Crippen molar-refractivity contribution in [2.45, 2.75) is 11.6 Å². The maximum Gasteiger partial charge on any atom is 0.262 e. The van der Waals surface area contributed by atoms with Crippen LogP contribution in [0.5, 0.6) is 0 Å². The van der Waals surface area contributed by atoms with Gasteiger partial charge in [-0.15, -0.1) is 0 Å². The summed E-state index contributed by atoms with van der Waals surface area (Å²) in [4.78, 5) is 3.80. The Balaban J connectivity index is 2.28. The number of halogens is 1. The first kappa shape index (κ1) is 14.8. The fraction of sp³-hybridized carbons (Fsp3) is 0.250. The first-order valence-corrected chi connectivity index (χ1v) is 7.61. The lowest BCUT2D eigenvalue weighted by atomic mass is 10.2. The van der Waals surface area contributed by atoms with Crippen molar-refractivity contribution in [1.29, 1.82) is 0 Å². The normalized spacial score (nSPS) is 12.0. The number of nitrogens with zero attached hydrogens (tertiary/aromatic N) is 3. The first-order chi connectivity index (χ1) is 9.32. The van der Waals surface area contributed by atoms with Crippen molar-refractivity contribution < 1.29 is 8.42 Å². The summed E-state index contributed by atoms with van der Waals surface area (Å²) in [5.74, 6) is -0.00421. The largest absolute Gasteiger partial charge is 0.381 e. The minimum Gasteiger partial charge on any atom is -0.381 e. The van der Waals surface area contributed by atoms with Crippen LogP contribution in [0.4, 0.5) is 5.82 Å². The molecular weight excluding hydrogens is 300 g/mol. The number of hydrogen-bond donors (Lipinski definition) is 1. The molecule has 8 heteroatoms. The van der Waals surface area contributed by atoms with Crippen LogP contribution in [0, 0.1) is 0 Å². The second-order valence-electron chi connectivity index (χ2n) is 4.43. The molecule has 2 aromatic rings. The number of imidazole rings is 1. The first-order valence-electron chi connectivity index (χ1n) is 5.80. The summed E-state index contributed by atoms with van der Waals surface area (Å²) >= 11 is 5.80. The topological polar surface area (TPSA) is 81.2 Å². The van der Waals surface area contributed by atoms with E-state index in [0.29, 0.717) is 5.02 Å². The Bertz CT molecular complexity index is 690. The maximum atomic E-state index is 12.5. The van der Waals surface area contributed by atoms with E-state index < -0.39 is 10.0 Å². The van der Waals surface area contributed by atoms with Crippen molar-refractivity contribution in [1.82, 2.24) is 13.9 Å². The van der Waals surface area contributed by atoms with E-state index in [1.807, 2.05) is 0 Å². The second kappa shape index (κ2) is 5.43. The number of aryl methyl sites for hydroxylation is 1. The summed E-state index contributed by atoms with van der Waals surface area (Å²) in [6, 6.07) is 6.99. The minimum atomic E-state index is -3.69. The highest BCUT2D eigenvalue weighted by atomic mass is 35.5.